The number of nitrogens with zero attached hydrogens (tertiary/aromatic N) is 1. The molecule has 0 N–H and O–H groups in total. The molecule has 0 aromatic heterocycles. The fourth-order valence-corrected chi connectivity index (χ4v) is 0.920. The second-order valence-corrected chi connectivity index (χ2v) is 2.35. The molecule has 0 saturated carbocycles. The third-order valence-electron chi connectivity index (χ3n) is 1.53. The van der Waals surface area contributed by atoms with E-state index in [0.29, 0.717) is 18.7 Å². The molecule has 1 heterocycles. The zero-order valence-electron chi connectivity index (χ0n) is 6.76. The Morgan fingerprint density at radius 3 is 3.00 bits per heavy atom. The summed E-state index contributed by atoms with van der Waals surface area (Å²) in [5.74, 6) is -0.234. The lowest BCUT2D eigenvalue weighted by atomic mass is 10.2. The van der Waals surface area contributed by atoms with Gasteiger partial charge >= 0.3 is 5.97 Å². The second kappa shape index (κ2) is 3.32. The van der Waals surface area contributed by atoms with Crippen molar-refractivity contribution in [1.82, 2.24) is 0 Å². The van der Waals surface area contributed by atoms with Crippen LogP contribution < -0.4 is 0 Å². The highest BCUT2D eigenvalue weighted by Gasteiger charge is 2.15. The van der Waals surface area contributed by atoms with Crippen LogP contribution in [-0.4, -0.2) is 25.3 Å². The third-order valence-corrected chi connectivity index (χ3v) is 1.53. The van der Waals surface area contributed by atoms with Crippen molar-refractivity contribution >= 4 is 12.2 Å². The molecule has 0 radical (unpaired) electrons. The van der Waals surface area contributed by atoms with Gasteiger partial charge in [-0.1, -0.05) is 0 Å². The van der Waals surface area contributed by atoms with E-state index in [0.717, 1.165) is 5.57 Å². The summed E-state index contributed by atoms with van der Waals surface area (Å²) in [4.78, 5) is 15.0. The van der Waals surface area contributed by atoms with Crippen molar-refractivity contribution in [2.75, 3.05) is 13.2 Å². The molecule has 0 aromatic rings. The largest absolute Gasteiger partial charge is 0.463 e. The van der Waals surface area contributed by atoms with Crippen LogP contribution in [0.25, 0.3) is 0 Å². The lowest BCUT2D eigenvalue weighted by Gasteiger charge is -2.01. The summed E-state index contributed by atoms with van der Waals surface area (Å²) in [7, 11) is 0. The Morgan fingerprint density at radius 1 is 1.82 bits per heavy atom. The fraction of sp³-hybridized carbons (Fsp3) is 0.500. The first-order valence-corrected chi connectivity index (χ1v) is 3.62. The predicted molar refractivity (Wildman–Crippen MR) is 42.7 cm³/mol. The SMILES string of the molecule is CCOC(=O)C1=C(C)C=NC1. The number of allylic oxidation sites excluding steroid dienone is 1. The Hall–Kier alpha value is -1.12. The number of aliphatic imine (C=N–C) groups is 1. The molecule has 0 atom stereocenters. The van der Waals surface area contributed by atoms with Crippen molar-refractivity contribution in [3.63, 3.8) is 0 Å². The molecule has 0 aliphatic carbocycles. The minimum Gasteiger partial charge on any atom is -0.463 e. The molecule has 1 aliphatic rings. The van der Waals surface area contributed by atoms with Crippen LogP contribution in [0.1, 0.15) is 13.8 Å². The van der Waals surface area contributed by atoms with E-state index in [1.165, 1.54) is 0 Å². The number of esters is 1. The molecule has 0 fully saturated rings. The smallest absolute Gasteiger partial charge is 0.336 e. The van der Waals surface area contributed by atoms with Gasteiger partial charge in [0.1, 0.15) is 0 Å². The van der Waals surface area contributed by atoms with Crippen molar-refractivity contribution in [1.29, 1.82) is 0 Å². The fourth-order valence-electron chi connectivity index (χ4n) is 0.920. The van der Waals surface area contributed by atoms with Gasteiger partial charge in [-0.15, -0.1) is 0 Å². The minimum absolute atomic E-state index is 0.234. The van der Waals surface area contributed by atoms with Gasteiger partial charge in [0.25, 0.3) is 0 Å². The molecule has 11 heavy (non-hydrogen) atoms. The van der Waals surface area contributed by atoms with E-state index in [-0.39, 0.29) is 5.97 Å². The normalized spacial score (nSPS) is 15.8. The molecule has 1 rings (SSSR count). The van der Waals surface area contributed by atoms with Crippen LogP contribution in [0.5, 0.6) is 0 Å². The van der Waals surface area contributed by atoms with Crippen molar-refractivity contribution in [2.45, 2.75) is 13.8 Å². The van der Waals surface area contributed by atoms with E-state index in [1.54, 1.807) is 13.1 Å². The zero-order chi connectivity index (χ0) is 8.27. The zero-order valence-corrected chi connectivity index (χ0v) is 6.76. The number of hydrogen-bond acceptors (Lipinski definition) is 3. The number of carbonyl (C=O) groups is 1. The van der Waals surface area contributed by atoms with Gasteiger partial charge in [-0.2, -0.15) is 0 Å². The highest BCUT2D eigenvalue weighted by molar-refractivity contribution is 5.99. The summed E-state index contributed by atoms with van der Waals surface area (Å²) < 4.78 is 4.82. The van der Waals surface area contributed by atoms with Gasteiger partial charge in [0.15, 0.2) is 0 Å². The van der Waals surface area contributed by atoms with Crippen LogP contribution in [0.2, 0.25) is 0 Å². The van der Waals surface area contributed by atoms with Crippen LogP contribution >= 0.6 is 0 Å². The molecule has 0 saturated heterocycles. The van der Waals surface area contributed by atoms with E-state index < -0.39 is 0 Å². The van der Waals surface area contributed by atoms with Gasteiger partial charge < -0.3 is 4.74 Å². The van der Waals surface area contributed by atoms with Crippen molar-refractivity contribution in [2.24, 2.45) is 4.99 Å². The minimum atomic E-state index is -0.234. The van der Waals surface area contributed by atoms with Gasteiger partial charge in [0, 0.05) is 6.21 Å². The quantitative estimate of drug-likeness (QED) is 0.554. The van der Waals surface area contributed by atoms with Gasteiger partial charge in [0.2, 0.25) is 0 Å². The highest BCUT2D eigenvalue weighted by atomic mass is 16.5. The molecule has 0 unspecified atom stereocenters. The van der Waals surface area contributed by atoms with Crippen LogP contribution in [-0.2, 0) is 9.53 Å². The topological polar surface area (TPSA) is 38.7 Å². The van der Waals surface area contributed by atoms with Crippen molar-refractivity contribution < 1.29 is 9.53 Å². The standard InChI is InChI=1S/C8H11NO2/c1-3-11-8(10)7-5-9-4-6(7)2/h4H,3,5H2,1-2H3. The highest BCUT2D eigenvalue weighted by Crippen LogP contribution is 2.10. The van der Waals surface area contributed by atoms with Gasteiger partial charge in [0.05, 0.1) is 18.7 Å². The molecule has 0 aromatic carbocycles. The van der Waals surface area contributed by atoms with Gasteiger partial charge in [-0.25, -0.2) is 4.79 Å². The van der Waals surface area contributed by atoms with Crippen molar-refractivity contribution in [3.05, 3.63) is 11.1 Å². The summed E-state index contributed by atoms with van der Waals surface area (Å²) in [6.45, 7) is 4.56. The average molecular weight is 153 g/mol. The van der Waals surface area contributed by atoms with Crippen LogP contribution in [0, 0.1) is 0 Å². The Morgan fingerprint density at radius 2 is 2.55 bits per heavy atom. The number of carbonyl (C=O) groups excluding carboxylic acids is 1. The summed E-state index contributed by atoms with van der Waals surface area (Å²) in [6, 6.07) is 0. The lowest BCUT2D eigenvalue weighted by Crippen LogP contribution is -2.09. The maximum Gasteiger partial charge on any atom is 0.336 e. The molecule has 3 heteroatoms. The average Bonchev–Trinajstić information content (AvgIpc) is 2.36. The third kappa shape index (κ3) is 1.67. The Bertz CT molecular complexity index is 228. The molecule has 0 spiro atoms. The van der Waals surface area contributed by atoms with E-state index >= 15 is 0 Å². The lowest BCUT2D eigenvalue weighted by molar-refractivity contribution is -0.138. The predicted octanol–water partition coefficient (Wildman–Crippen LogP) is 0.950. The first-order valence-electron chi connectivity index (χ1n) is 3.62. The molecule has 1 aliphatic heterocycles. The maximum absolute atomic E-state index is 11.1. The van der Waals surface area contributed by atoms with E-state index in [9.17, 15) is 4.79 Å². The van der Waals surface area contributed by atoms with Crippen molar-refractivity contribution in [3.8, 4) is 0 Å². The summed E-state index contributed by atoms with van der Waals surface area (Å²) >= 11 is 0. The van der Waals surface area contributed by atoms with Gasteiger partial charge in [-0.05, 0) is 19.4 Å². The first kappa shape index (κ1) is 7.98. The summed E-state index contributed by atoms with van der Waals surface area (Å²) in [5, 5.41) is 0. The first-order chi connectivity index (χ1) is 5.25. The number of hydrogen-bond donors (Lipinski definition) is 0. The Labute approximate surface area is 65.8 Å². The molecular weight excluding hydrogens is 142 g/mol. The maximum atomic E-state index is 11.1. The molecule has 3 nitrogen and oxygen atoms in total. The summed E-state index contributed by atoms with van der Waals surface area (Å²) in [6.07, 6.45) is 1.70. The monoisotopic (exact) mass is 153 g/mol. The molecule has 60 valence electrons. The molecular formula is C8H11NO2. The Kier molecular flexibility index (Phi) is 2.41. The number of rotatable bonds is 2. The van der Waals surface area contributed by atoms with Crippen LogP contribution in [0.15, 0.2) is 16.1 Å². The van der Waals surface area contributed by atoms with Crippen LogP contribution in [0.4, 0.5) is 0 Å². The molecule has 0 amide bonds. The van der Waals surface area contributed by atoms with E-state index in [4.69, 9.17) is 4.74 Å². The van der Waals surface area contributed by atoms with Crippen LogP contribution in [0.3, 0.4) is 0 Å². The number of ether oxygens (including phenoxy) is 1. The van der Waals surface area contributed by atoms with E-state index in [2.05, 4.69) is 4.99 Å². The van der Waals surface area contributed by atoms with E-state index in [1.807, 2.05) is 6.92 Å². The molecule has 0 bridgehead atoms. The second-order valence-electron chi connectivity index (χ2n) is 2.35. The Balaban J connectivity index is 2.62. The van der Waals surface area contributed by atoms with Gasteiger partial charge in [-0.3, -0.25) is 4.99 Å². The summed E-state index contributed by atoms with van der Waals surface area (Å²) in [5.41, 5.74) is 1.61.